The zero-order valence-corrected chi connectivity index (χ0v) is 28.6. The molecule has 0 bridgehead atoms. The van der Waals surface area contributed by atoms with Crippen molar-refractivity contribution >= 4 is 17.9 Å². The SMILES string of the molecule is CCCCCCCCCCCCCCCCCCCCC[N+](C(CCC)C(=O)O)(C(CCC)C(=O)O)C(CCC)C(=O)O. The molecule has 0 amide bonds. The molecule has 3 atom stereocenters. The van der Waals surface area contributed by atoms with E-state index in [1.54, 1.807) is 0 Å². The molecule has 0 saturated carbocycles. The van der Waals surface area contributed by atoms with Gasteiger partial charge in [-0.05, 0) is 32.1 Å². The Bertz CT molecular complexity index is 652. The summed E-state index contributed by atoms with van der Waals surface area (Å²) < 4.78 is -0.367. The second-order valence-electron chi connectivity index (χ2n) is 13.0. The Morgan fingerprint density at radius 2 is 0.628 bits per heavy atom. The van der Waals surface area contributed by atoms with Crippen LogP contribution in [0.1, 0.15) is 188 Å². The van der Waals surface area contributed by atoms with Crippen LogP contribution in [0.2, 0.25) is 0 Å². The van der Waals surface area contributed by atoms with E-state index in [2.05, 4.69) is 6.92 Å². The Kier molecular flexibility index (Phi) is 25.7. The second kappa shape index (κ2) is 26.7. The van der Waals surface area contributed by atoms with Gasteiger partial charge in [0, 0.05) is 19.3 Å². The molecule has 0 aromatic rings. The van der Waals surface area contributed by atoms with E-state index >= 15 is 0 Å². The molecule has 254 valence electrons. The van der Waals surface area contributed by atoms with Gasteiger partial charge in [0.15, 0.2) is 18.1 Å². The third kappa shape index (κ3) is 16.9. The van der Waals surface area contributed by atoms with E-state index in [1.165, 1.54) is 96.3 Å². The van der Waals surface area contributed by atoms with Crippen LogP contribution in [0.25, 0.3) is 0 Å². The van der Waals surface area contributed by atoms with E-state index < -0.39 is 36.0 Å². The fourth-order valence-electron chi connectivity index (χ4n) is 7.11. The molecule has 0 aliphatic carbocycles. The van der Waals surface area contributed by atoms with Crippen molar-refractivity contribution in [1.82, 2.24) is 0 Å². The Balaban J connectivity index is 4.76. The maximum absolute atomic E-state index is 12.6. The highest BCUT2D eigenvalue weighted by molar-refractivity contribution is 5.78. The first kappa shape index (κ1) is 41.4. The lowest BCUT2D eigenvalue weighted by Gasteiger charge is -2.50. The molecule has 0 aliphatic rings. The van der Waals surface area contributed by atoms with E-state index in [0.717, 1.165) is 19.3 Å². The van der Waals surface area contributed by atoms with Gasteiger partial charge in [0.25, 0.3) is 0 Å². The van der Waals surface area contributed by atoms with Gasteiger partial charge < -0.3 is 15.3 Å². The quantitative estimate of drug-likeness (QED) is 0.0515. The molecule has 0 aromatic carbocycles. The predicted octanol–water partition coefficient (Wildman–Crippen LogP) is 9.99. The molecule has 7 nitrogen and oxygen atoms in total. The van der Waals surface area contributed by atoms with Crippen molar-refractivity contribution in [3.63, 3.8) is 0 Å². The normalized spacial score (nSPS) is 15.1. The first-order chi connectivity index (χ1) is 20.7. The van der Waals surface area contributed by atoms with Crippen molar-refractivity contribution in [2.24, 2.45) is 0 Å². The topological polar surface area (TPSA) is 112 Å². The lowest BCUT2D eigenvalue weighted by atomic mass is 9.91. The number of quaternary nitrogens is 1. The number of unbranched alkanes of at least 4 members (excludes halogenated alkanes) is 18. The van der Waals surface area contributed by atoms with E-state index in [9.17, 15) is 29.7 Å². The Morgan fingerprint density at radius 3 is 0.837 bits per heavy atom. The minimum atomic E-state index is -1.08. The predicted molar refractivity (Wildman–Crippen MR) is 178 cm³/mol. The monoisotopic (exact) mass is 613 g/mol. The fraction of sp³-hybridized carbons (Fsp3) is 0.917. The van der Waals surface area contributed by atoms with Gasteiger partial charge in [0.05, 0.1) is 6.54 Å². The van der Waals surface area contributed by atoms with Crippen LogP contribution >= 0.6 is 0 Å². The number of carboxylic acid groups (broad SMARTS) is 3. The molecule has 0 saturated heterocycles. The van der Waals surface area contributed by atoms with Crippen molar-refractivity contribution in [2.75, 3.05) is 6.54 Å². The molecule has 3 unspecified atom stereocenters. The summed E-state index contributed by atoms with van der Waals surface area (Å²) in [5.41, 5.74) is 0. The van der Waals surface area contributed by atoms with Gasteiger partial charge in [-0.25, -0.2) is 14.4 Å². The Hall–Kier alpha value is -1.63. The van der Waals surface area contributed by atoms with Gasteiger partial charge >= 0.3 is 17.9 Å². The van der Waals surface area contributed by atoms with Gasteiger partial charge in [-0.15, -0.1) is 0 Å². The van der Waals surface area contributed by atoms with Crippen molar-refractivity contribution in [2.45, 2.75) is 206 Å². The van der Waals surface area contributed by atoms with Crippen LogP contribution in [0.5, 0.6) is 0 Å². The number of carbonyl (C=O) groups is 3. The summed E-state index contributed by atoms with van der Waals surface area (Å²) >= 11 is 0. The third-order valence-electron chi connectivity index (χ3n) is 9.43. The molecule has 43 heavy (non-hydrogen) atoms. The van der Waals surface area contributed by atoms with E-state index in [4.69, 9.17) is 0 Å². The van der Waals surface area contributed by atoms with Crippen LogP contribution in [-0.2, 0) is 14.4 Å². The maximum Gasteiger partial charge on any atom is 0.362 e. The number of nitrogens with zero attached hydrogens (tertiary/aromatic N) is 1. The third-order valence-corrected chi connectivity index (χ3v) is 9.43. The summed E-state index contributed by atoms with van der Waals surface area (Å²) in [6.07, 6.45) is 26.4. The van der Waals surface area contributed by atoms with E-state index in [0.29, 0.717) is 25.7 Å². The highest BCUT2D eigenvalue weighted by Gasteiger charge is 2.56. The van der Waals surface area contributed by atoms with Gasteiger partial charge in [-0.1, -0.05) is 137 Å². The standard InChI is InChI=1S/C36H69NO6/c1-5-9-10-11-12-13-14-15-16-17-18-19-20-21-22-23-24-25-26-30-37(31(27-6-2)34(38)39,32(28-7-3)35(40)41)33(29-8-4)36(42)43/h31-33H,5-30H2,1-4H3,(H2-,38,39,40,41,42,43)/p+1. The van der Waals surface area contributed by atoms with Gasteiger partial charge in [0.1, 0.15) is 0 Å². The van der Waals surface area contributed by atoms with E-state index in [-0.39, 0.29) is 30.3 Å². The first-order valence-electron chi connectivity index (χ1n) is 18.3. The van der Waals surface area contributed by atoms with Crippen molar-refractivity contribution in [1.29, 1.82) is 0 Å². The molecular weight excluding hydrogens is 542 g/mol. The van der Waals surface area contributed by atoms with E-state index in [1.807, 2.05) is 20.8 Å². The summed E-state index contributed by atoms with van der Waals surface area (Å²) in [7, 11) is 0. The zero-order valence-electron chi connectivity index (χ0n) is 28.6. The summed E-state index contributed by atoms with van der Waals surface area (Å²) in [6, 6.07) is -3.12. The first-order valence-corrected chi connectivity index (χ1v) is 18.3. The van der Waals surface area contributed by atoms with Crippen molar-refractivity contribution in [3.05, 3.63) is 0 Å². The molecule has 0 aliphatic heterocycles. The average molecular weight is 613 g/mol. The van der Waals surface area contributed by atoms with Crippen LogP contribution in [-0.4, -0.2) is 62.4 Å². The fourth-order valence-corrected chi connectivity index (χ4v) is 7.11. The van der Waals surface area contributed by atoms with Crippen LogP contribution in [0, 0.1) is 0 Å². The number of aliphatic carboxylic acids is 3. The highest BCUT2D eigenvalue weighted by atomic mass is 16.4. The van der Waals surface area contributed by atoms with Crippen LogP contribution in [0.15, 0.2) is 0 Å². The molecule has 0 rings (SSSR count). The van der Waals surface area contributed by atoms with Crippen LogP contribution in [0.3, 0.4) is 0 Å². The van der Waals surface area contributed by atoms with Crippen LogP contribution < -0.4 is 0 Å². The molecule has 0 fully saturated rings. The molecule has 0 radical (unpaired) electrons. The average Bonchev–Trinajstić information content (AvgIpc) is 2.97. The van der Waals surface area contributed by atoms with Gasteiger partial charge in [0.2, 0.25) is 0 Å². The minimum absolute atomic E-state index is 0.273. The number of rotatable bonds is 32. The largest absolute Gasteiger partial charge is 0.477 e. The van der Waals surface area contributed by atoms with Crippen molar-refractivity contribution in [3.8, 4) is 0 Å². The van der Waals surface area contributed by atoms with Gasteiger partial charge in [-0.2, -0.15) is 0 Å². The molecule has 0 aromatic heterocycles. The number of carboxylic acids is 3. The lowest BCUT2D eigenvalue weighted by Crippen LogP contribution is -2.72. The maximum atomic E-state index is 12.6. The van der Waals surface area contributed by atoms with Gasteiger partial charge in [-0.3, -0.25) is 4.48 Å². The summed E-state index contributed by atoms with van der Waals surface area (Å²) in [6.45, 7) is 8.20. The summed E-state index contributed by atoms with van der Waals surface area (Å²) in [5.74, 6) is -3.24. The van der Waals surface area contributed by atoms with Crippen molar-refractivity contribution < 1.29 is 34.2 Å². The zero-order chi connectivity index (χ0) is 32.3. The lowest BCUT2D eigenvalue weighted by molar-refractivity contribution is -0.973. The smallest absolute Gasteiger partial charge is 0.362 e. The molecule has 3 N–H and O–H groups in total. The second-order valence-corrected chi connectivity index (χ2v) is 13.0. The highest BCUT2D eigenvalue weighted by Crippen LogP contribution is 2.34. The molecular formula is C36H70NO6+. The molecule has 7 heteroatoms. The number of hydrogen-bond acceptors (Lipinski definition) is 3. The molecule has 0 spiro atoms. The Morgan fingerprint density at radius 1 is 0.395 bits per heavy atom. The minimum Gasteiger partial charge on any atom is -0.477 e. The number of hydrogen-bond donors (Lipinski definition) is 3. The van der Waals surface area contributed by atoms with Crippen LogP contribution in [0.4, 0.5) is 0 Å². The summed E-state index contributed by atoms with van der Waals surface area (Å²) in [4.78, 5) is 37.8. The molecule has 0 heterocycles. The Labute approximate surface area is 264 Å². The summed E-state index contributed by atoms with van der Waals surface area (Å²) in [5, 5.41) is 30.9.